The average molecular weight is 659 g/mol. The molecule has 2 aliphatic carbocycles. The van der Waals surface area contributed by atoms with Crippen LogP contribution in [-0.2, 0) is 5.41 Å². The smallest absolute Gasteiger partial charge is 0.0991 e. The molecule has 0 amide bonds. The molecule has 240 valence electrons. The molecule has 0 aliphatic heterocycles. The maximum absolute atomic E-state index is 9.76. The van der Waals surface area contributed by atoms with Gasteiger partial charge in [-0.2, -0.15) is 5.26 Å². The summed E-state index contributed by atoms with van der Waals surface area (Å²) in [6, 6.07) is 68.4. The number of hydrogen-bond donors (Lipinski definition) is 0. The van der Waals surface area contributed by atoms with Crippen molar-refractivity contribution in [2.75, 3.05) is 4.90 Å². The molecule has 0 aromatic heterocycles. The molecular formula is C50H30N2. The van der Waals surface area contributed by atoms with Crippen molar-refractivity contribution in [1.82, 2.24) is 0 Å². The van der Waals surface area contributed by atoms with Crippen molar-refractivity contribution in [2.45, 2.75) is 5.41 Å². The third kappa shape index (κ3) is 3.72. The zero-order chi connectivity index (χ0) is 34.4. The molecule has 0 unspecified atom stereocenters. The van der Waals surface area contributed by atoms with Crippen LogP contribution >= 0.6 is 0 Å². The fourth-order valence-corrected chi connectivity index (χ4v) is 9.46. The molecule has 2 heteroatoms. The van der Waals surface area contributed by atoms with Gasteiger partial charge in [-0.25, -0.2) is 0 Å². The van der Waals surface area contributed by atoms with Crippen molar-refractivity contribution in [1.29, 1.82) is 5.26 Å². The number of nitrogens with zero attached hydrogens (tertiary/aromatic N) is 2. The second-order valence-electron chi connectivity index (χ2n) is 13.9. The number of benzene rings is 9. The molecule has 0 N–H and O–H groups in total. The Hall–Kier alpha value is -6.95. The van der Waals surface area contributed by atoms with E-state index in [9.17, 15) is 5.26 Å². The van der Waals surface area contributed by atoms with Crippen molar-refractivity contribution in [3.63, 3.8) is 0 Å². The third-order valence-corrected chi connectivity index (χ3v) is 11.5. The Morgan fingerprint density at radius 1 is 0.385 bits per heavy atom. The third-order valence-electron chi connectivity index (χ3n) is 11.5. The summed E-state index contributed by atoms with van der Waals surface area (Å²) in [6.45, 7) is 0. The van der Waals surface area contributed by atoms with Crippen LogP contribution in [0.15, 0.2) is 182 Å². The van der Waals surface area contributed by atoms with Crippen LogP contribution in [0.1, 0.15) is 27.8 Å². The highest BCUT2D eigenvalue weighted by atomic mass is 15.1. The van der Waals surface area contributed by atoms with Crippen molar-refractivity contribution < 1.29 is 0 Å². The summed E-state index contributed by atoms with van der Waals surface area (Å²) in [5.74, 6) is 0. The standard InChI is InChI=1S/C50H30N2/c51-31-32-24-26-33(27-25-32)52(34-28-29-39-37-14-2-1-12-35(37)36-13-3-4-15-38(36)43(39)30-34)48-23-11-22-47-49(48)42-18-7-10-21-46(42)50(47)44-19-8-5-16-40(44)41-17-6-9-20-45(41)50/h1-30H. The molecule has 0 bridgehead atoms. The van der Waals surface area contributed by atoms with E-state index in [1.807, 2.05) is 12.1 Å². The van der Waals surface area contributed by atoms with Gasteiger partial charge < -0.3 is 4.90 Å². The van der Waals surface area contributed by atoms with Gasteiger partial charge in [0.2, 0.25) is 0 Å². The summed E-state index contributed by atoms with van der Waals surface area (Å²) in [6.07, 6.45) is 0. The maximum atomic E-state index is 9.76. The highest BCUT2D eigenvalue weighted by molar-refractivity contribution is 6.26. The minimum atomic E-state index is -0.441. The van der Waals surface area contributed by atoms with Gasteiger partial charge >= 0.3 is 0 Å². The van der Waals surface area contributed by atoms with E-state index >= 15 is 0 Å². The Balaban J connectivity index is 1.24. The van der Waals surface area contributed by atoms with Gasteiger partial charge in [-0.15, -0.1) is 0 Å². The Morgan fingerprint density at radius 3 is 1.44 bits per heavy atom. The Bertz CT molecular complexity index is 2900. The summed E-state index contributed by atoms with van der Waals surface area (Å²) in [4.78, 5) is 2.39. The molecular weight excluding hydrogens is 629 g/mol. The van der Waals surface area contributed by atoms with E-state index < -0.39 is 5.41 Å². The van der Waals surface area contributed by atoms with Crippen molar-refractivity contribution in [3.05, 3.63) is 210 Å². The van der Waals surface area contributed by atoms with Crippen LogP contribution < -0.4 is 4.90 Å². The first-order valence-corrected chi connectivity index (χ1v) is 17.8. The molecule has 0 radical (unpaired) electrons. The molecule has 11 rings (SSSR count). The van der Waals surface area contributed by atoms with Crippen LogP contribution in [0.2, 0.25) is 0 Å². The van der Waals surface area contributed by atoms with Crippen LogP contribution in [0.25, 0.3) is 54.6 Å². The molecule has 2 aliphatic rings. The van der Waals surface area contributed by atoms with Gasteiger partial charge in [0, 0.05) is 16.9 Å². The van der Waals surface area contributed by atoms with Crippen molar-refractivity contribution >= 4 is 49.4 Å². The van der Waals surface area contributed by atoms with Gasteiger partial charge in [0.05, 0.1) is 22.7 Å². The summed E-state index contributed by atoms with van der Waals surface area (Å²) in [5, 5.41) is 17.2. The summed E-state index contributed by atoms with van der Waals surface area (Å²) < 4.78 is 0. The van der Waals surface area contributed by atoms with Crippen LogP contribution in [0.5, 0.6) is 0 Å². The lowest BCUT2D eigenvalue weighted by Gasteiger charge is -2.32. The van der Waals surface area contributed by atoms with E-state index in [1.165, 1.54) is 76.8 Å². The van der Waals surface area contributed by atoms with Gasteiger partial charge in [0.1, 0.15) is 0 Å². The van der Waals surface area contributed by atoms with Gasteiger partial charge in [-0.1, -0.05) is 140 Å². The zero-order valence-electron chi connectivity index (χ0n) is 28.2. The number of fused-ring (bicyclic) bond motifs is 16. The molecule has 0 atom stereocenters. The van der Waals surface area contributed by atoms with Gasteiger partial charge in [-0.05, 0) is 114 Å². The minimum Gasteiger partial charge on any atom is -0.310 e. The molecule has 0 saturated carbocycles. The number of hydrogen-bond acceptors (Lipinski definition) is 2. The molecule has 0 saturated heterocycles. The SMILES string of the molecule is N#Cc1ccc(N(c2ccc3c4ccccc4c4ccccc4c3c2)c2cccc3c2-c2ccccc2C32c3ccccc3-c3ccccc32)cc1. The first-order valence-electron chi connectivity index (χ1n) is 17.8. The molecule has 9 aromatic carbocycles. The molecule has 52 heavy (non-hydrogen) atoms. The quantitative estimate of drug-likeness (QED) is 0.177. The zero-order valence-corrected chi connectivity index (χ0v) is 28.2. The van der Waals surface area contributed by atoms with Crippen LogP contribution in [0.3, 0.4) is 0 Å². The van der Waals surface area contributed by atoms with Gasteiger partial charge in [0.15, 0.2) is 0 Å². The van der Waals surface area contributed by atoms with E-state index in [1.54, 1.807) is 0 Å². The van der Waals surface area contributed by atoms with E-state index in [2.05, 4.69) is 181 Å². The van der Waals surface area contributed by atoms with Crippen LogP contribution in [0, 0.1) is 11.3 Å². The van der Waals surface area contributed by atoms with Crippen molar-refractivity contribution in [3.8, 4) is 28.3 Å². The molecule has 9 aromatic rings. The lowest BCUT2D eigenvalue weighted by Crippen LogP contribution is -2.26. The summed E-state index contributed by atoms with van der Waals surface area (Å²) in [7, 11) is 0. The lowest BCUT2D eigenvalue weighted by atomic mass is 9.70. The average Bonchev–Trinajstić information content (AvgIpc) is 3.69. The first-order chi connectivity index (χ1) is 25.8. The first kappa shape index (κ1) is 28.8. The molecule has 1 spiro atoms. The normalized spacial score (nSPS) is 13.1. The van der Waals surface area contributed by atoms with Crippen molar-refractivity contribution in [2.24, 2.45) is 0 Å². The highest BCUT2D eigenvalue weighted by Crippen LogP contribution is 2.64. The van der Waals surface area contributed by atoms with Crippen LogP contribution in [-0.4, -0.2) is 0 Å². The van der Waals surface area contributed by atoms with E-state index in [-0.39, 0.29) is 0 Å². The summed E-state index contributed by atoms with van der Waals surface area (Å²) >= 11 is 0. The van der Waals surface area contributed by atoms with E-state index in [0.717, 1.165) is 17.1 Å². The number of rotatable bonds is 3. The minimum absolute atomic E-state index is 0.441. The predicted molar refractivity (Wildman–Crippen MR) is 215 cm³/mol. The number of anilines is 3. The topological polar surface area (TPSA) is 27.0 Å². The molecule has 0 heterocycles. The second-order valence-corrected chi connectivity index (χ2v) is 13.9. The fraction of sp³-hybridized carbons (Fsp3) is 0.0200. The fourth-order valence-electron chi connectivity index (χ4n) is 9.46. The summed E-state index contributed by atoms with van der Waals surface area (Å²) in [5.41, 5.74) is 13.7. The molecule has 0 fully saturated rings. The van der Waals surface area contributed by atoms with Crippen LogP contribution in [0.4, 0.5) is 17.1 Å². The number of nitriles is 1. The Kier molecular flexibility index (Phi) is 5.98. The predicted octanol–water partition coefficient (Wildman–Crippen LogP) is 12.8. The monoisotopic (exact) mass is 658 g/mol. The second kappa shape index (κ2) is 10.8. The largest absolute Gasteiger partial charge is 0.310 e. The Labute approximate surface area is 302 Å². The van der Waals surface area contributed by atoms with E-state index in [4.69, 9.17) is 0 Å². The van der Waals surface area contributed by atoms with Gasteiger partial charge in [-0.3, -0.25) is 0 Å². The van der Waals surface area contributed by atoms with Gasteiger partial charge in [0.25, 0.3) is 0 Å². The lowest BCUT2D eigenvalue weighted by molar-refractivity contribution is 0.794. The maximum Gasteiger partial charge on any atom is 0.0991 e. The van der Waals surface area contributed by atoms with E-state index in [0.29, 0.717) is 5.56 Å². The Morgan fingerprint density at radius 2 is 0.846 bits per heavy atom. The highest BCUT2D eigenvalue weighted by Gasteiger charge is 2.52. The molecule has 2 nitrogen and oxygen atoms in total.